The number of pyridine rings is 1. The summed E-state index contributed by atoms with van der Waals surface area (Å²) in [4.78, 5) is 4.29. The number of benzene rings is 3. The zero-order valence-electron chi connectivity index (χ0n) is 16.2. The van der Waals surface area contributed by atoms with E-state index in [0.29, 0.717) is 0 Å². The number of aryl methyl sites for hydroxylation is 1. The Morgan fingerprint density at radius 2 is 1.77 bits per heavy atom. The molecule has 0 bridgehead atoms. The van der Waals surface area contributed by atoms with Gasteiger partial charge in [-0.1, -0.05) is 59.9 Å². The molecule has 0 amide bonds. The van der Waals surface area contributed by atoms with Crippen LogP contribution in [0.3, 0.4) is 0 Å². The van der Waals surface area contributed by atoms with Gasteiger partial charge in [-0.05, 0) is 36.8 Å². The Balaban J connectivity index is 1.39. The van der Waals surface area contributed by atoms with Gasteiger partial charge in [-0.15, -0.1) is 10.2 Å². The van der Waals surface area contributed by atoms with Crippen LogP contribution < -0.4 is 10.1 Å². The summed E-state index contributed by atoms with van der Waals surface area (Å²) in [6.45, 7) is 2.06. The highest BCUT2D eigenvalue weighted by Crippen LogP contribution is 2.33. The minimum absolute atomic E-state index is 0.726. The van der Waals surface area contributed by atoms with Gasteiger partial charge >= 0.3 is 0 Å². The summed E-state index contributed by atoms with van der Waals surface area (Å²) >= 11 is 1.50. The van der Waals surface area contributed by atoms with Crippen LogP contribution in [0.2, 0.25) is 0 Å². The van der Waals surface area contributed by atoms with Crippen LogP contribution in [0.1, 0.15) is 5.56 Å². The summed E-state index contributed by atoms with van der Waals surface area (Å²) in [6.07, 6.45) is 3.58. The van der Waals surface area contributed by atoms with E-state index < -0.39 is 0 Å². The molecule has 0 aliphatic heterocycles. The minimum atomic E-state index is 0.726. The number of ether oxygens (including phenoxy) is 1. The van der Waals surface area contributed by atoms with Gasteiger partial charge in [0.1, 0.15) is 10.8 Å². The third-order valence-electron chi connectivity index (χ3n) is 4.63. The molecule has 0 saturated carbocycles. The highest BCUT2D eigenvalue weighted by molar-refractivity contribution is 7.18. The van der Waals surface area contributed by atoms with E-state index >= 15 is 0 Å². The van der Waals surface area contributed by atoms with Crippen LogP contribution in [0, 0.1) is 6.92 Å². The molecule has 0 radical (unpaired) electrons. The lowest BCUT2D eigenvalue weighted by molar-refractivity contribution is 0.486. The Morgan fingerprint density at radius 1 is 0.867 bits per heavy atom. The smallest absolute Gasteiger partial charge is 0.210 e. The van der Waals surface area contributed by atoms with E-state index in [1.807, 2.05) is 66.9 Å². The second-order valence-electron chi connectivity index (χ2n) is 6.90. The van der Waals surface area contributed by atoms with Gasteiger partial charge in [0.15, 0.2) is 5.75 Å². The normalized spacial score (nSPS) is 10.8. The Kier molecular flexibility index (Phi) is 4.83. The fourth-order valence-electron chi connectivity index (χ4n) is 3.23. The minimum Gasteiger partial charge on any atom is -0.455 e. The number of anilines is 2. The van der Waals surface area contributed by atoms with E-state index in [1.54, 1.807) is 6.20 Å². The average Bonchev–Trinajstić information content (AvgIpc) is 3.23. The van der Waals surface area contributed by atoms with E-state index in [2.05, 4.69) is 39.6 Å². The zero-order valence-corrected chi connectivity index (χ0v) is 17.1. The first-order chi connectivity index (χ1) is 14.7. The molecular formula is C24H18N4OS. The zero-order chi connectivity index (χ0) is 20.3. The van der Waals surface area contributed by atoms with Crippen molar-refractivity contribution in [1.29, 1.82) is 0 Å². The molecule has 146 valence electrons. The molecule has 30 heavy (non-hydrogen) atoms. The second-order valence-corrected chi connectivity index (χ2v) is 7.87. The third-order valence-corrected chi connectivity index (χ3v) is 5.52. The van der Waals surface area contributed by atoms with Gasteiger partial charge in [-0.25, -0.2) is 0 Å². The molecule has 5 rings (SSSR count). The van der Waals surface area contributed by atoms with Crippen molar-refractivity contribution in [3.05, 3.63) is 90.8 Å². The third kappa shape index (κ3) is 3.86. The second kappa shape index (κ2) is 7.93. The van der Waals surface area contributed by atoms with Gasteiger partial charge in [-0.2, -0.15) is 0 Å². The molecule has 1 N–H and O–H groups in total. The summed E-state index contributed by atoms with van der Waals surface area (Å²) in [5, 5.41) is 15.6. The number of nitrogens with zero attached hydrogens (tertiary/aromatic N) is 3. The van der Waals surface area contributed by atoms with Crippen molar-refractivity contribution in [1.82, 2.24) is 15.2 Å². The van der Waals surface area contributed by atoms with Crippen molar-refractivity contribution in [3.8, 4) is 22.1 Å². The number of hydrogen-bond donors (Lipinski definition) is 1. The maximum atomic E-state index is 6.15. The van der Waals surface area contributed by atoms with Gasteiger partial charge in [0.25, 0.3) is 0 Å². The van der Waals surface area contributed by atoms with Gasteiger partial charge in [0.05, 0.1) is 6.20 Å². The van der Waals surface area contributed by atoms with E-state index in [1.165, 1.54) is 16.9 Å². The van der Waals surface area contributed by atoms with Crippen molar-refractivity contribution in [3.63, 3.8) is 0 Å². The molecular weight excluding hydrogens is 392 g/mol. The van der Waals surface area contributed by atoms with Crippen molar-refractivity contribution < 1.29 is 4.74 Å². The summed E-state index contributed by atoms with van der Waals surface area (Å²) in [7, 11) is 0. The average molecular weight is 411 g/mol. The summed E-state index contributed by atoms with van der Waals surface area (Å²) in [5.74, 6) is 1.46. The fourth-order valence-corrected chi connectivity index (χ4v) is 3.99. The van der Waals surface area contributed by atoms with Gasteiger partial charge in [-0.3, -0.25) is 4.98 Å². The number of hydrogen-bond acceptors (Lipinski definition) is 6. The number of nitrogens with one attached hydrogen (secondary N) is 1. The summed E-state index contributed by atoms with van der Waals surface area (Å²) in [5.41, 5.74) is 3.14. The Bertz CT molecular complexity index is 1330. The lowest BCUT2D eigenvalue weighted by Crippen LogP contribution is -1.89. The highest BCUT2D eigenvalue weighted by Gasteiger charge is 2.10. The standard InChI is InChI=1S/C24H18N4OS/c1-16-6-4-9-19(12-16)26-24-28-27-23(30-24)17-8-5-10-20(13-17)29-22-15-25-14-18-7-2-3-11-21(18)22/h2-15H,1H3,(H,26,28). The molecule has 5 aromatic rings. The van der Waals surface area contributed by atoms with Crippen LogP contribution in [0.4, 0.5) is 10.8 Å². The van der Waals surface area contributed by atoms with Crippen LogP contribution in [0.15, 0.2) is 85.2 Å². The quantitative estimate of drug-likeness (QED) is 0.354. The SMILES string of the molecule is Cc1cccc(Nc2nnc(-c3cccc(Oc4cncc5ccccc45)c3)s2)c1. The van der Waals surface area contributed by atoms with Crippen molar-refractivity contribution in [2.75, 3.05) is 5.32 Å². The molecule has 2 aromatic heterocycles. The molecule has 0 saturated heterocycles. The summed E-state index contributed by atoms with van der Waals surface area (Å²) < 4.78 is 6.15. The van der Waals surface area contributed by atoms with Crippen LogP contribution in [0.25, 0.3) is 21.3 Å². The van der Waals surface area contributed by atoms with Crippen molar-refractivity contribution in [2.24, 2.45) is 0 Å². The molecule has 5 nitrogen and oxygen atoms in total. The van der Waals surface area contributed by atoms with Gasteiger partial charge in [0.2, 0.25) is 5.13 Å². The number of fused-ring (bicyclic) bond motifs is 1. The van der Waals surface area contributed by atoms with Gasteiger partial charge < -0.3 is 10.1 Å². The molecule has 3 aromatic carbocycles. The molecule has 6 heteroatoms. The molecule has 2 heterocycles. The maximum Gasteiger partial charge on any atom is 0.210 e. The van der Waals surface area contributed by atoms with Gasteiger partial charge in [0, 0.05) is 28.2 Å². The molecule has 0 spiro atoms. The largest absolute Gasteiger partial charge is 0.455 e. The molecule has 0 unspecified atom stereocenters. The molecule has 0 aliphatic carbocycles. The topological polar surface area (TPSA) is 59.9 Å². The van der Waals surface area contributed by atoms with E-state index in [9.17, 15) is 0 Å². The Labute approximate surface area is 178 Å². The fraction of sp³-hybridized carbons (Fsp3) is 0.0417. The monoisotopic (exact) mass is 410 g/mol. The lowest BCUT2D eigenvalue weighted by Gasteiger charge is -2.09. The molecule has 0 fully saturated rings. The highest BCUT2D eigenvalue weighted by atomic mass is 32.1. The van der Waals surface area contributed by atoms with E-state index in [-0.39, 0.29) is 0 Å². The number of rotatable bonds is 5. The predicted octanol–water partition coefficient (Wildman–Crippen LogP) is 6.60. The molecule has 0 atom stereocenters. The van der Waals surface area contributed by atoms with Crippen LogP contribution >= 0.6 is 11.3 Å². The first kappa shape index (κ1) is 18.3. The maximum absolute atomic E-state index is 6.15. The Hall–Kier alpha value is -3.77. The van der Waals surface area contributed by atoms with Crippen molar-refractivity contribution >= 4 is 32.9 Å². The van der Waals surface area contributed by atoms with E-state index in [4.69, 9.17) is 4.74 Å². The first-order valence-electron chi connectivity index (χ1n) is 9.53. The first-order valence-corrected chi connectivity index (χ1v) is 10.3. The van der Waals surface area contributed by atoms with Crippen LogP contribution in [0.5, 0.6) is 11.5 Å². The number of aromatic nitrogens is 3. The Morgan fingerprint density at radius 3 is 2.70 bits per heavy atom. The van der Waals surface area contributed by atoms with Crippen LogP contribution in [-0.4, -0.2) is 15.2 Å². The van der Waals surface area contributed by atoms with E-state index in [0.717, 1.165) is 43.7 Å². The predicted molar refractivity (Wildman–Crippen MR) is 122 cm³/mol. The lowest BCUT2D eigenvalue weighted by atomic mass is 10.1. The van der Waals surface area contributed by atoms with Crippen molar-refractivity contribution in [2.45, 2.75) is 6.92 Å². The van der Waals surface area contributed by atoms with Crippen LogP contribution in [-0.2, 0) is 0 Å². The molecule has 0 aliphatic rings. The summed E-state index contributed by atoms with van der Waals surface area (Å²) in [6, 6.07) is 24.1.